The summed E-state index contributed by atoms with van der Waals surface area (Å²) in [6.07, 6.45) is 1.47. The molecule has 0 atom stereocenters. The highest BCUT2D eigenvalue weighted by Gasteiger charge is 2.27. The molecule has 0 bridgehead atoms. The number of rotatable bonds is 2. The van der Waals surface area contributed by atoms with E-state index in [4.69, 9.17) is 5.73 Å². The number of carbonyl (C=O) groups excluding carboxylic acids is 2. The number of imidazole rings is 1. The van der Waals surface area contributed by atoms with Gasteiger partial charge in [0, 0.05) is 31.0 Å². The number of carbonyl (C=O) groups is 2. The second kappa shape index (κ2) is 5.23. The molecule has 2 amide bonds. The number of aryl methyl sites for hydroxylation is 1. The van der Waals surface area contributed by atoms with Crippen LogP contribution in [-0.4, -0.2) is 37.4 Å². The van der Waals surface area contributed by atoms with Gasteiger partial charge in [-0.3, -0.25) is 9.59 Å². The molecule has 7 nitrogen and oxygen atoms in total. The minimum atomic E-state index is -0.498. The molecule has 0 saturated heterocycles. The van der Waals surface area contributed by atoms with Gasteiger partial charge >= 0.3 is 0 Å². The van der Waals surface area contributed by atoms with E-state index < -0.39 is 5.91 Å². The van der Waals surface area contributed by atoms with Crippen LogP contribution in [0.1, 0.15) is 26.8 Å². The molecule has 0 radical (unpaired) electrons. The molecule has 0 unspecified atom stereocenters. The van der Waals surface area contributed by atoms with Crippen LogP contribution in [0.25, 0.3) is 10.9 Å². The molecule has 7 heteroatoms. The maximum Gasteiger partial charge on any atom is 0.270 e. The number of benzene rings is 1. The Hall–Kier alpha value is -3.09. The topological polar surface area (TPSA) is 86.1 Å². The summed E-state index contributed by atoms with van der Waals surface area (Å²) in [5.41, 5.74) is 7.41. The Bertz CT molecular complexity index is 969. The quantitative estimate of drug-likeness (QED) is 0.767. The number of fused-ring (bicyclic) bond motifs is 2. The zero-order chi connectivity index (χ0) is 16.8. The zero-order valence-corrected chi connectivity index (χ0v) is 13.3. The van der Waals surface area contributed by atoms with Crippen molar-refractivity contribution in [3.8, 4) is 0 Å². The maximum absolute atomic E-state index is 12.9. The number of primary amides is 1. The summed E-state index contributed by atoms with van der Waals surface area (Å²) in [5, 5.41) is 1.04. The number of nitrogens with two attached hydrogens (primary N) is 1. The molecule has 122 valence electrons. The van der Waals surface area contributed by atoms with Crippen LogP contribution in [0.5, 0.6) is 0 Å². The first-order valence-electron chi connectivity index (χ1n) is 7.74. The number of aromatic nitrogens is 3. The van der Waals surface area contributed by atoms with Crippen molar-refractivity contribution in [2.45, 2.75) is 13.1 Å². The summed E-state index contributed by atoms with van der Waals surface area (Å²) >= 11 is 0. The lowest BCUT2D eigenvalue weighted by atomic mass is 10.2. The predicted molar refractivity (Wildman–Crippen MR) is 88.4 cm³/mol. The van der Waals surface area contributed by atoms with Crippen molar-refractivity contribution < 1.29 is 9.59 Å². The van der Waals surface area contributed by atoms with Crippen molar-refractivity contribution in [2.75, 3.05) is 6.54 Å². The Morgan fingerprint density at radius 1 is 1.17 bits per heavy atom. The third-order valence-corrected chi connectivity index (χ3v) is 4.57. The van der Waals surface area contributed by atoms with Gasteiger partial charge < -0.3 is 19.8 Å². The van der Waals surface area contributed by atoms with Gasteiger partial charge in [0.15, 0.2) is 0 Å². The molecule has 4 rings (SSSR count). The Kier molecular flexibility index (Phi) is 3.16. The van der Waals surface area contributed by atoms with Crippen LogP contribution in [0, 0.1) is 0 Å². The molecule has 0 spiro atoms. The van der Waals surface area contributed by atoms with Crippen LogP contribution >= 0.6 is 0 Å². The van der Waals surface area contributed by atoms with Crippen molar-refractivity contribution in [1.29, 1.82) is 0 Å². The van der Waals surface area contributed by atoms with Crippen LogP contribution in [-0.2, 0) is 20.1 Å². The van der Waals surface area contributed by atoms with Crippen LogP contribution in [0.2, 0.25) is 0 Å². The number of nitrogens with zero attached hydrogens (tertiary/aromatic N) is 4. The van der Waals surface area contributed by atoms with Crippen LogP contribution in [0.4, 0.5) is 0 Å². The summed E-state index contributed by atoms with van der Waals surface area (Å²) in [5.74, 6) is 0.146. The standard InChI is InChI=1S/C17H17N5O2/c1-20-12-5-3-2-4-11(12)8-13(20)17(24)21-6-7-22-14(16(18)23)9-19-15(22)10-21/h2-5,8-9H,6-7,10H2,1H3,(H2,18,23). The normalized spacial score (nSPS) is 14.0. The fourth-order valence-electron chi connectivity index (χ4n) is 3.29. The smallest absolute Gasteiger partial charge is 0.270 e. The van der Waals surface area contributed by atoms with Gasteiger partial charge in [-0.25, -0.2) is 4.98 Å². The van der Waals surface area contributed by atoms with E-state index in [2.05, 4.69) is 4.98 Å². The zero-order valence-electron chi connectivity index (χ0n) is 13.3. The van der Waals surface area contributed by atoms with Gasteiger partial charge in [-0.1, -0.05) is 18.2 Å². The van der Waals surface area contributed by atoms with E-state index in [1.165, 1.54) is 6.20 Å². The highest BCUT2D eigenvalue weighted by molar-refractivity contribution is 5.98. The van der Waals surface area contributed by atoms with Crippen molar-refractivity contribution in [3.63, 3.8) is 0 Å². The Balaban J connectivity index is 1.65. The SMILES string of the molecule is Cn1c(C(=O)N2CCn3c(C(N)=O)cnc3C2)cc2ccccc21. The average molecular weight is 323 g/mol. The highest BCUT2D eigenvalue weighted by atomic mass is 16.2. The second-order valence-electron chi connectivity index (χ2n) is 5.95. The Morgan fingerprint density at radius 2 is 1.96 bits per heavy atom. The Labute approximate surface area is 138 Å². The number of para-hydroxylation sites is 1. The minimum Gasteiger partial charge on any atom is -0.364 e. The van der Waals surface area contributed by atoms with Crippen LogP contribution in [0.3, 0.4) is 0 Å². The van der Waals surface area contributed by atoms with E-state index in [1.54, 1.807) is 9.47 Å². The predicted octanol–water partition coefficient (Wildman–Crippen LogP) is 1.13. The summed E-state index contributed by atoms with van der Waals surface area (Å²) in [7, 11) is 1.89. The van der Waals surface area contributed by atoms with Crippen molar-refractivity contribution in [2.24, 2.45) is 12.8 Å². The average Bonchev–Trinajstić information content (AvgIpc) is 3.15. The molecule has 2 aromatic heterocycles. The van der Waals surface area contributed by atoms with Gasteiger partial charge in [0.1, 0.15) is 17.2 Å². The highest BCUT2D eigenvalue weighted by Crippen LogP contribution is 2.22. The van der Waals surface area contributed by atoms with Gasteiger partial charge in [-0.15, -0.1) is 0 Å². The van der Waals surface area contributed by atoms with Crippen molar-refractivity contribution in [3.05, 3.63) is 53.7 Å². The molecule has 2 N–H and O–H groups in total. The molecule has 3 heterocycles. The van der Waals surface area contributed by atoms with E-state index in [1.807, 2.05) is 41.9 Å². The first kappa shape index (κ1) is 14.5. The lowest BCUT2D eigenvalue weighted by Crippen LogP contribution is -2.40. The fraction of sp³-hybridized carbons (Fsp3) is 0.235. The number of hydrogen-bond donors (Lipinski definition) is 1. The molecule has 0 saturated carbocycles. The third kappa shape index (κ3) is 2.09. The van der Waals surface area contributed by atoms with E-state index in [9.17, 15) is 9.59 Å². The van der Waals surface area contributed by atoms with Gasteiger partial charge in [0.05, 0.1) is 12.7 Å². The lowest BCUT2D eigenvalue weighted by Gasteiger charge is -2.28. The van der Waals surface area contributed by atoms with E-state index >= 15 is 0 Å². The van der Waals surface area contributed by atoms with Crippen LogP contribution in [0.15, 0.2) is 36.5 Å². The maximum atomic E-state index is 12.9. The Morgan fingerprint density at radius 3 is 2.71 bits per heavy atom. The summed E-state index contributed by atoms with van der Waals surface area (Å²) in [4.78, 5) is 30.3. The molecule has 1 aromatic carbocycles. The molecular formula is C17H17N5O2. The first-order valence-corrected chi connectivity index (χ1v) is 7.74. The van der Waals surface area contributed by atoms with Gasteiger partial charge in [-0.05, 0) is 12.1 Å². The first-order chi connectivity index (χ1) is 11.6. The van der Waals surface area contributed by atoms with Gasteiger partial charge in [0.25, 0.3) is 11.8 Å². The largest absolute Gasteiger partial charge is 0.364 e. The van der Waals surface area contributed by atoms with E-state index in [0.29, 0.717) is 36.8 Å². The van der Waals surface area contributed by atoms with Gasteiger partial charge in [0.2, 0.25) is 0 Å². The molecule has 1 aliphatic heterocycles. The van der Waals surface area contributed by atoms with Crippen molar-refractivity contribution in [1.82, 2.24) is 19.0 Å². The van der Waals surface area contributed by atoms with Gasteiger partial charge in [-0.2, -0.15) is 0 Å². The number of amides is 2. The summed E-state index contributed by atoms with van der Waals surface area (Å²) < 4.78 is 3.70. The second-order valence-corrected chi connectivity index (χ2v) is 5.95. The molecule has 0 fully saturated rings. The molecule has 3 aromatic rings. The monoisotopic (exact) mass is 323 g/mol. The number of hydrogen-bond acceptors (Lipinski definition) is 3. The fourth-order valence-corrected chi connectivity index (χ4v) is 3.29. The minimum absolute atomic E-state index is 0.0384. The third-order valence-electron chi connectivity index (χ3n) is 4.57. The molecule has 0 aliphatic carbocycles. The molecule has 1 aliphatic rings. The van der Waals surface area contributed by atoms with E-state index in [0.717, 1.165) is 10.9 Å². The van der Waals surface area contributed by atoms with E-state index in [-0.39, 0.29) is 5.91 Å². The summed E-state index contributed by atoms with van der Waals surface area (Å²) in [6.45, 7) is 1.40. The summed E-state index contributed by atoms with van der Waals surface area (Å²) in [6, 6.07) is 9.81. The molecule has 24 heavy (non-hydrogen) atoms. The lowest BCUT2D eigenvalue weighted by molar-refractivity contribution is 0.0697. The van der Waals surface area contributed by atoms with Crippen molar-refractivity contribution >= 4 is 22.7 Å². The van der Waals surface area contributed by atoms with Crippen LogP contribution < -0.4 is 5.73 Å². The molecular weight excluding hydrogens is 306 g/mol.